The number of halogens is 2. The lowest BCUT2D eigenvalue weighted by molar-refractivity contribution is -0.165. The van der Waals surface area contributed by atoms with Crippen molar-refractivity contribution in [1.29, 1.82) is 0 Å². The average Bonchev–Trinajstić information content (AvgIpc) is 3.95. The molecule has 5 aromatic heterocycles. The van der Waals surface area contributed by atoms with Gasteiger partial charge in [-0.25, -0.2) is 9.97 Å². The Bertz CT molecular complexity index is 2160. The van der Waals surface area contributed by atoms with E-state index in [2.05, 4.69) is 55.9 Å². The lowest BCUT2D eigenvalue weighted by Gasteiger charge is -2.30. The van der Waals surface area contributed by atoms with Gasteiger partial charge in [-0.3, -0.25) is 18.7 Å². The van der Waals surface area contributed by atoms with Crippen LogP contribution in [0.25, 0.3) is 22.3 Å². The molecule has 5 atom stereocenters. The van der Waals surface area contributed by atoms with E-state index in [1.54, 1.807) is 10.9 Å². The maximum absolute atomic E-state index is 12.3. The highest BCUT2D eigenvalue weighted by atomic mass is 35.5. The number of hydrogen-bond donors (Lipinski definition) is 2. The monoisotopic (exact) mass is 784 g/mol. The summed E-state index contributed by atoms with van der Waals surface area (Å²) in [4.78, 5) is 53.0. The van der Waals surface area contributed by atoms with Crippen molar-refractivity contribution in [3.8, 4) is 0 Å². The van der Waals surface area contributed by atoms with Gasteiger partial charge in [0.15, 0.2) is 58.5 Å². The first-order valence-electron chi connectivity index (χ1n) is 17.9. The summed E-state index contributed by atoms with van der Waals surface area (Å²) in [6.45, 7) is 5.50. The number of esters is 2. The van der Waals surface area contributed by atoms with Crippen LogP contribution in [0.1, 0.15) is 90.1 Å². The largest absolute Gasteiger partial charge is 0.455 e. The van der Waals surface area contributed by atoms with Gasteiger partial charge in [-0.1, -0.05) is 0 Å². The number of carbonyl (C=O) groups excluding carboxylic acids is 2. The van der Waals surface area contributed by atoms with Gasteiger partial charge >= 0.3 is 11.9 Å². The van der Waals surface area contributed by atoms with Crippen molar-refractivity contribution in [3.05, 3.63) is 29.0 Å². The van der Waals surface area contributed by atoms with Crippen LogP contribution in [0.15, 0.2) is 12.7 Å². The van der Waals surface area contributed by atoms with Crippen molar-refractivity contribution in [3.63, 3.8) is 0 Å². The summed E-state index contributed by atoms with van der Waals surface area (Å²) in [6.07, 6.45) is 5.06. The zero-order valence-corrected chi connectivity index (χ0v) is 31.1. The number of anilines is 2. The van der Waals surface area contributed by atoms with E-state index < -0.39 is 36.5 Å². The van der Waals surface area contributed by atoms with Crippen LogP contribution in [0.2, 0.25) is 10.6 Å². The first-order chi connectivity index (χ1) is 26.1. The third-order valence-corrected chi connectivity index (χ3v) is 10.1. The molecule has 2 N–H and O–H groups in total. The predicted molar refractivity (Wildman–Crippen MR) is 190 cm³/mol. The van der Waals surface area contributed by atoms with Crippen LogP contribution in [0.4, 0.5) is 11.6 Å². The Labute approximate surface area is 317 Å². The first kappa shape index (κ1) is 36.2. The molecule has 5 aromatic rings. The Morgan fingerprint density at radius 1 is 0.833 bits per heavy atom. The number of aromatic nitrogens is 12. The first-order valence-corrected chi connectivity index (χ1v) is 18.6. The lowest BCUT2D eigenvalue weighted by atomic mass is 9.91. The van der Waals surface area contributed by atoms with Gasteiger partial charge in [0.2, 0.25) is 16.4 Å². The molecule has 7 heterocycles. The maximum atomic E-state index is 12.3. The molecule has 54 heavy (non-hydrogen) atoms. The zero-order valence-electron chi connectivity index (χ0n) is 29.6. The van der Waals surface area contributed by atoms with Gasteiger partial charge in [-0.15, -0.1) is 10.2 Å². The SMILES string of the molecule is CCn1nnc([C@H]2O[C@@H](n3cnc4c(NC5CCC(Nc6nc(Cl)nc7c6ncn7C6CCCCO6)CC5)nc(Cl)nc43)[C@H](OC(C)=O)[C@@H]2OC(C)=O)n1. The summed E-state index contributed by atoms with van der Waals surface area (Å²) in [5.74, 6) is -0.0417. The van der Waals surface area contributed by atoms with E-state index in [9.17, 15) is 9.59 Å². The molecule has 0 radical (unpaired) electrons. The molecule has 8 rings (SSSR count). The van der Waals surface area contributed by atoms with Gasteiger partial charge in [0, 0.05) is 32.5 Å². The highest BCUT2D eigenvalue weighted by Gasteiger charge is 2.53. The fourth-order valence-electron chi connectivity index (χ4n) is 7.30. The molecule has 3 aliphatic rings. The van der Waals surface area contributed by atoms with E-state index in [-0.39, 0.29) is 34.7 Å². The molecule has 0 aromatic carbocycles. The molecule has 22 heteroatoms. The molecule has 2 aliphatic heterocycles. The summed E-state index contributed by atoms with van der Waals surface area (Å²) >= 11 is 12.9. The fourth-order valence-corrected chi connectivity index (χ4v) is 7.63. The molecule has 1 aliphatic carbocycles. The number of fused-ring (bicyclic) bond motifs is 2. The molecule has 286 valence electrons. The van der Waals surface area contributed by atoms with E-state index in [0.717, 1.165) is 44.9 Å². The number of nitrogens with zero attached hydrogens (tertiary/aromatic N) is 12. The number of imidazole rings is 2. The maximum Gasteiger partial charge on any atom is 0.303 e. The summed E-state index contributed by atoms with van der Waals surface area (Å²) in [5, 5.41) is 19.6. The quantitative estimate of drug-likeness (QED) is 0.151. The smallest absolute Gasteiger partial charge is 0.303 e. The number of nitrogens with one attached hydrogen (secondary N) is 2. The van der Waals surface area contributed by atoms with E-state index in [0.29, 0.717) is 47.1 Å². The van der Waals surface area contributed by atoms with Crippen molar-refractivity contribution in [1.82, 2.24) is 59.2 Å². The second-order valence-corrected chi connectivity index (χ2v) is 14.1. The summed E-state index contributed by atoms with van der Waals surface area (Å²) in [5.41, 5.74) is 2.02. The number of tetrazole rings is 1. The molecule has 20 nitrogen and oxygen atoms in total. The van der Waals surface area contributed by atoms with Gasteiger partial charge < -0.3 is 29.6 Å². The number of hydrogen-bond acceptors (Lipinski definition) is 17. The second kappa shape index (κ2) is 15.2. The summed E-state index contributed by atoms with van der Waals surface area (Å²) in [6, 6.07) is 0.159. The topological polar surface area (TPSA) is 226 Å². The average molecular weight is 786 g/mol. The molecule has 2 saturated heterocycles. The van der Waals surface area contributed by atoms with Crippen LogP contribution in [-0.2, 0) is 35.1 Å². The van der Waals surface area contributed by atoms with Crippen LogP contribution in [0.5, 0.6) is 0 Å². The number of carbonyl (C=O) groups is 2. The highest BCUT2D eigenvalue weighted by Crippen LogP contribution is 2.43. The third-order valence-electron chi connectivity index (χ3n) is 9.74. The summed E-state index contributed by atoms with van der Waals surface area (Å²) < 4.78 is 27.2. The molecular weight excluding hydrogens is 747 g/mol. The normalized spacial score (nSPS) is 25.9. The lowest BCUT2D eigenvalue weighted by Crippen LogP contribution is -2.37. The van der Waals surface area contributed by atoms with Gasteiger partial charge in [-0.2, -0.15) is 24.7 Å². The van der Waals surface area contributed by atoms with E-state index >= 15 is 0 Å². The summed E-state index contributed by atoms with van der Waals surface area (Å²) in [7, 11) is 0. The van der Waals surface area contributed by atoms with Crippen LogP contribution in [-0.4, -0.2) is 102 Å². The Balaban J connectivity index is 0.995. The molecule has 1 saturated carbocycles. The Morgan fingerprint density at radius 2 is 1.43 bits per heavy atom. The predicted octanol–water partition coefficient (Wildman–Crippen LogP) is 3.95. The highest BCUT2D eigenvalue weighted by molar-refractivity contribution is 6.29. The molecule has 0 amide bonds. The van der Waals surface area contributed by atoms with Gasteiger partial charge in [0.1, 0.15) is 6.23 Å². The second-order valence-electron chi connectivity index (χ2n) is 13.4. The Morgan fingerprint density at radius 3 is 1.98 bits per heavy atom. The molecule has 3 fully saturated rings. The Hall–Kier alpha value is -4.79. The van der Waals surface area contributed by atoms with Crippen molar-refractivity contribution in [2.45, 2.75) is 115 Å². The molecular formula is C32H38Cl2N14O6. The van der Waals surface area contributed by atoms with Crippen molar-refractivity contribution >= 4 is 69.1 Å². The molecule has 0 spiro atoms. The van der Waals surface area contributed by atoms with E-state index in [1.807, 2.05) is 11.5 Å². The zero-order chi connectivity index (χ0) is 37.5. The van der Waals surface area contributed by atoms with Gasteiger partial charge in [0.25, 0.3) is 0 Å². The number of rotatable bonds is 10. The van der Waals surface area contributed by atoms with E-state index in [4.69, 9.17) is 42.1 Å². The van der Waals surface area contributed by atoms with Gasteiger partial charge in [-0.05, 0) is 80.3 Å². The standard InChI is InChI=1S/C32H38Cl2N14O6/c1-4-48-44-27(43-45-48)23-22(52-15(2)49)24(53-16(3)50)30(54-23)47-14-36-21-26(40-32(34)42-29(21)47)38-18-10-8-17(9-11-18)37-25-20-28(41-31(33)39-25)46(13-35-20)19-7-5-6-12-51-19/h13-14,17-19,22-24,30H,4-12H2,1-3H3,(H,37,39,41)(H,38,40,42)/t17?,18?,19?,22-,23+,24-,30-/m1/s1. The third kappa shape index (κ3) is 7.21. The van der Waals surface area contributed by atoms with Crippen LogP contribution >= 0.6 is 23.2 Å². The minimum Gasteiger partial charge on any atom is -0.455 e. The van der Waals surface area contributed by atoms with Crippen LogP contribution in [0, 0.1) is 0 Å². The fraction of sp³-hybridized carbons (Fsp3) is 0.594. The number of aryl methyl sites for hydroxylation is 1. The van der Waals surface area contributed by atoms with Crippen molar-refractivity contribution < 1.29 is 28.5 Å². The Kier molecular flexibility index (Phi) is 10.2. The van der Waals surface area contributed by atoms with Crippen LogP contribution in [0.3, 0.4) is 0 Å². The van der Waals surface area contributed by atoms with Gasteiger partial charge in [0.05, 0.1) is 19.2 Å². The molecule has 1 unspecified atom stereocenters. The minimum atomic E-state index is -1.12. The van der Waals surface area contributed by atoms with Crippen LogP contribution < -0.4 is 10.6 Å². The van der Waals surface area contributed by atoms with Crippen molar-refractivity contribution in [2.24, 2.45) is 0 Å². The van der Waals surface area contributed by atoms with Crippen molar-refractivity contribution in [2.75, 3.05) is 17.2 Å². The minimum absolute atomic E-state index is 0.0347. The molecule has 0 bridgehead atoms. The number of ether oxygens (including phenoxy) is 4. The van der Waals surface area contributed by atoms with E-state index in [1.165, 1.54) is 25.0 Å².